The normalized spacial score (nSPS) is 20.5. The maximum Gasteiger partial charge on any atom is 0.410 e. The van der Waals surface area contributed by atoms with Crippen molar-refractivity contribution in [1.29, 1.82) is 5.26 Å². The monoisotopic (exact) mass is 445 g/mol. The molecule has 0 radical (unpaired) electrons. The SMILES string of the molecule is CC(C)(C)OC(=O)N1CC2(CCN(c3cc4c(c(Br)c3C#N)CCCC4)C2)C1. The van der Waals surface area contributed by atoms with Crippen LogP contribution in [0.25, 0.3) is 0 Å². The summed E-state index contributed by atoms with van der Waals surface area (Å²) in [4.78, 5) is 16.4. The minimum atomic E-state index is -0.460. The van der Waals surface area contributed by atoms with Gasteiger partial charge in [-0.05, 0) is 86.0 Å². The average Bonchev–Trinajstić information content (AvgIpc) is 3.04. The highest BCUT2D eigenvalue weighted by Gasteiger charge is 2.50. The molecular formula is C22H28BrN3O2. The molecule has 3 aliphatic rings. The van der Waals surface area contributed by atoms with E-state index in [4.69, 9.17) is 4.74 Å². The fourth-order valence-electron chi connectivity index (χ4n) is 4.81. The second-order valence-corrected chi connectivity index (χ2v) is 10.3. The largest absolute Gasteiger partial charge is 0.444 e. The van der Waals surface area contributed by atoms with Crippen LogP contribution < -0.4 is 4.90 Å². The molecule has 1 spiro atoms. The van der Waals surface area contributed by atoms with Gasteiger partial charge in [0.2, 0.25) is 0 Å². The molecular weight excluding hydrogens is 418 g/mol. The molecule has 1 aromatic rings. The number of halogens is 1. The van der Waals surface area contributed by atoms with Crippen LogP contribution in [-0.4, -0.2) is 42.8 Å². The Bertz CT molecular complexity index is 847. The lowest BCUT2D eigenvalue weighted by Crippen LogP contribution is -2.60. The summed E-state index contributed by atoms with van der Waals surface area (Å²) in [5.41, 5.74) is 4.20. The van der Waals surface area contributed by atoms with Gasteiger partial charge >= 0.3 is 6.09 Å². The van der Waals surface area contributed by atoms with Crippen LogP contribution in [-0.2, 0) is 17.6 Å². The summed E-state index contributed by atoms with van der Waals surface area (Å²) in [5, 5.41) is 9.81. The number of nitriles is 1. The zero-order valence-corrected chi connectivity index (χ0v) is 18.6. The zero-order chi connectivity index (χ0) is 20.1. The van der Waals surface area contributed by atoms with E-state index >= 15 is 0 Å². The Morgan fingerprint density at radius 2 is 1.96 bits per heavy atom. The first-order valence-electron chi connectivity index (χ1n) is 10.2. The van der Waals surface area contributed by atoms with Crippen molar-refractivity contribution in [3.63, 3.8) is 0 Å². The van der Waals surface area contributed by atoms with E-state index in [0.29, 0.717) is 0 Å². The lowest BCUT2D eigenvalue weighted by molar-refractivity contribution is -0.0266. The Labute approximate surface area is 175 Å². The molecule has 2 heterocycles. The number of nitrogens with zero attached hydrogens (tertiary/aromatic N) is 3. The summed E-state index contributed by atoms with van der Waals surface area (Å²) in [6.07, 6.45) is 5.40. The third-order valence-corrected chi connectivity index (χ3v) is 7.03. The van der Waals surface area contributed by atoms with E-state index in [0.717, 1.165) is 61.2 Å². The minimum Gasteiger partial charge on any atom is -0.444 e. The lowest BCUT2D eigenvalue weighted by Gasteiger charge is -2.47. The van der Waals surface area contributed by atoms with Gasteiger partial charge in [0, 0.05) is 36.1 Å². The van der Waals surface area contributed by atoms with Gasteiger partial charge in [0.05, 0.1) is 11.3 Å². The van der Waals surface area contributed by atoms with Gasteiger partial charge < -0.3 is 14.5 Å². The van der Waals surface area contributed by atoms with Crippen molar-refractivity contribution in [1.82, 2.24) is 4.90 Å². The Balaban J connectivity index is 1.49. The van der Waals surface area contributed by atoms with Gasteiger partial charge in [0.15, 0.2) is 0 Å². The minimum absolute atomic E-state index is 0.131. The molecule has 0 atom stereocenters. The predicted molar refractivity (Wildman–Crippen MR) is 113 cm³/mol. The molecule has 150 valence electrons. The van der Waals surface area contributed by atoms with Crippen LogP contribution in [0.3, 0.4) is 0 Å². The van der Waals surface area contributed by atoms with Gasteiger partial charge in [-0.2, -0.15) is 5.26 Å². The van der Waals surface area contributed by atoms with Crippen LogP contribution in [0.15, 0.2) is 10.5 Å². The second kappa shape index (κ2) is 6.95. The van der Waals surface area contributed by atoms with E-state index in [1.165, 1.54) is 24.0 Å². The number of benzene rings is 1. The van der Waals surface area contributed by atoms with E-state index in [9.17, 15) is 10.1 Å². The molecule has 2 aliphatic heterocycles. The van der Waals surface area contributed by atoms with Crippen LogP contribution in [0.2, 0.25) is 0 Å². The Kier molecular flexibility index (Phi) is 4.86. The average molecular weight is 446 g/mol. The fraction of sp³-hybridized carbons (Fsp3) is 0.636. The van der Waals surface area contributed by atoms with Gasteiger partial charge in [-0.25, -0.2) is 4.79 Å². The first kappa shape index (κ1) is 19.6. The van der Waals surface area contributed by atoms with Crippen molar-refractivity contribution in [2.75, 3.05) is 31.1 Å². The van der Waals surface area contributed by atoms with E-state index in [1.54, 1.807) is 0 Å². The van der Waals surface area contributed by atoms with Crippen LogP contribution in [0, 0.1) is 16.7 Å². The summed E-state index contributed by atoms with van der Waals surface area (Å²) < 4.78 is 6.49. The number of hydrogen-bond acceptors (Lipinski definition) is 4. The molecule has 0 N–H and O–H groups in total. The number of aryl methyl sites for hydroxylation is 1. The smallest absolute Gasteiger partial charge is 0.410 e. The third kappa shape index (κ3) is 3.50. The Hall–Kier alpha value is -1.74. The molecule has 4 rings (SSSR count). The van der Waals surface area contributed by atoms with Gasteiger partial charge in [-0.15, -0.1) is 0 Å². The zero-order valence-electron chi connectivity index (χ0n) is 17.0. The van der Waals surface area contributed by atoms with Crippen molar-refractivity contribution >= 4 is 27.7 Å². The van der Waals surface area contributed by atoms with Crippen molar-refractivity contribution < 1.29 is 9.53 Å². The van der Waals surface area contributed by atoms with Crippen LogP contribution in [0.4, 0.5) is 10.5 Å². The number of amides is 1. The summed E-state index contributed by atoms with van der Waals surface area (Å²) in [6, 6.07) is 4.69. The molecule has 1 aromatic carbocycles. The number of carbonyl (C=O) groups excluding carboxylic acids is 1. The van der Waals surface area contributed by atoms with Crippen molar-refractivity contribution in [3.8, 4) is 6.07 Å². The van der Waals surface area contributed by atoms with Crippen LogP contribution in [0.1, 0.15) is 56.7 Å². The van der Waals surface area contributed by atoms with Gasteiger partial charge in [-0.3, -0.25) is 0 Å². The molecule has 2 fully saturated rings. The van der Waals surface area contributed by atoms with Gasteiger partial charge in [0.1, 0.15) is 11.7 Å². The summed E-state index contributed by atoms with van der Waals surface area (Å²) in [5.74, 6) is 0. The fourth-order valence-corrected chi connectivity index (χ4v) is 5.56. The number of carbonyl (C=O) groups is 1. The van der Waals surface area contributed by atoms with Crippen molar-refractivity contribution in [2.24, 2.45) is 5.41 Å². The third-order valence-electron chi connectivity index (χ3n) is 6.16. The first-order valence-corrected chi connectivity index (χ1v) is 11.0. The molecule has 6 heteroatoms. The number of anilines is 1. The lowest BCUT2D eigenvalue weighted by atomic mass is 9.79. The van der Waals surface area contributed by atoms with Gasteiger partial charge in [-0.1, -0.05) is 0 Å². The van der Waals surface area contributed by atoms with E-state index in [-0.39, 0.29) is 11.5 Å². The van der Waals surface area contributed by atoms with E-state index in [1.807, 2.05) is 25.7 Å². The number of hydrogen-bond donors (Lipinski definition) is 0. The first-order chi connectivity index (χ1) is 13.2. The molecule has 5 nitrogen and oxygen atoms in total. The number of ether oxygens (including phenoxy) is 1. The van der Waals surface area contributed by atoms with Crippen molar-refractivity contribution in [3.05, 3.63) is 27.2 Å². The molecule has 0 aromatic heterocycles. The molecule has 1 aliphatic carbocycles. The maximum absolute atomic E-state index is 12.3. The Morgan fingerprint density at radius 3 is 2.64 bits per heavy atom. The molecule has 1 amide bonds. The summed E-state index contributed by atoms with van der Waals surface area (Å²) in [6.45, 7) is 9.01. The summed E-state index contributed by atoms with van der Waals surface area (Å²) >= 11 is 3.72. The highest BCUT2D eigenvalue weighted by Crippen LogP contribution is 2.44. The van der Waals surface area contributed by atoms with Gasteiger partial charge in [0.25, 0.3) is 0 Å². The van der Waals surface area contributed by atoms with E-state index in [2.05, 4.69) is 33.0 Å². The number of likely N-dealkylation sites (tertiary alicyclic amines) is 1. The van der Waals surface area contributed by atoms with E-state index < -0.39 is 5.60 Å². The molecule has 0 bridgehead atoms. The standard InChI is InChI=1S/C22H28BrN3O2/c1-21(2,3)28-20(27)26-13-22(14-26)8-9-25(12-22)18-10-15-6-4-5-7-16(15)19(23)17(18)11-24/h10H,4-9,12-14H2,1-3H3. The number of fused-ring (bicyclic) bond motifs is 1. The van der Waals surface area contributed by atoms with Crippen LogP contribution >= 0.6 is 15.9 Å². The quantitative estimate of drug-likeness (QED) is 0.631. The predicted octanol–water partition coefficient (Wildman–Crippen LogP) is 4.65. The molecule has 2 saturated heterocycles. The molecule has 0 saturated carbocycles. The molecule has 28 heavy (non-hydrogen) atoms. The second-order valence-electron chi connectivity index (χ2n) is 9.55. The number of rotatable bonds is 1. The van der Waals surface area contributed by atoms with Crippen molar-refractivity contribution in [2.45, 2.75) is 58.5 Å². The van der Waals surface area contributed by atoms with Crippen LogP contribution in [0.5, 0.6) is 0 Å². The topological polar surface area (TPSA) is 56.6 Å². The highest BCUT2D eigenvalue weighted by atomic mass is 79.9. The maximum atomic E-state index is 12.3. The Morgan fingerprint density at radius 1 is 1.25 bits per heavy atom. The molecule has 0 unspecified atom stereocenters. The highest BCUT2D eigenvalue weighted by molar-refractivity contribution is 9.10. The summed E-state index contributed by atoms with van der Waals surface area (Å²) in [7, 11) is 0.